The lowest BCUT2D eigenvalue weighted by Gasteiger charge is -2.08. The molecule has 1 N–H and O–H groups in total. The van der Waals surface area contributed by atoms with Crippen LogP contribution in [0.5, 0.6) is 0 Å². The molecule has 1 heterocycles. The average Bonchev–Trinajstić information content (AvgIpc) is 2.77. The molecule has 0 saturated carbocycles. The lowest BCUT2D eigenvalue weighted by Crippen LogP contribution is -2.24. The molecule has 12 heteroatoms. The Bertz CT molecular complexity index is 931. The van der Waals surface area contributed by atoms with E-state index in [2.05, 4.69) is 9.82 Å². The molecule has 0 saturated heterocycles. The smallest absolute Gasteiger partial charge is 0.283 e. The Kier molecular flexibility index (Phi) is 4.44. The van der Waals surface area contributed by atoms with Crippen molar-refractivity contribution < 1.29 is 26.0 Å². The number of benzene rings is 1. The minimum atomic E-state index is -4.91. The molecule has 1 aromatic heterocycles. The largest absolute Gasteiger partial charge is 0.451 e. The van der Waals surface area contributed by atoms with E-state index < -0.39 is 39.2 Å². The Balaban J connectivity index is 2.60. The van der Waals surface area contributed by atoms with Gasteiger partial charge in [-0.3, -0.25) is 9.29 Å². The summed E-state index contributed by atoms with van der Waals surface area (Å²) in [5.74, 6) is -2.81. The van der Waals surface area contributed by atoms with Crippen molar-refractivity contribution in [3.05, 3.63) is 40.3 Å². The van der Waals surface area contributed by atoms with Crippen LogP contribution in [0.3, 0.4) is 0 Å². The number of anilines is 1. The Morgan fingerprint density at radius 1 is 1.29 bits per heavy atom. The summed E-state index contributed by atoms with van der Waals surface area (Å²) in [4.78, 5) is 11.9. The number of nitrogens with zero attached hydrogens (tertiary/aromatic N) is 3. The van der Waals surface area contributed by atoms with Crippen LogP contribution in [-0.4, -0.2) is 28.5 Å². The van der Waals surface area contributed by atoms with Crippen molar-refractivity contribution in [1.82, 2.24) is 14.3 Å². The van der Waals surface area contributed by atoms with Crippen molar-refractivity contribution in [3.8, 4) is 5.69 Å². The maximum absolute atomic E-state index is 13.9. The highest BCUT2D eigenvalue weighted by atomic mass is 32.2. The summed E-state index contributed by atoms with van der Waals surface area (Å²) in [6, 6.07) is 2.78. The van der Waals surface area contributed by atoms with Crippen molar-refractivity contribution in [2.75, 3.05) is 10.5 Å². The van der Waals surface area contributed by atoms with Gasteiger partial charge in [-0.2, -0.15) is 17.9 Å². The second-order valence-corrected chi connectivity index (χ2v) is 6.76. The summed E-state index contributed by atoms with van der Waals surface area (Å²) in [6.45, 7) is 1.37. The summed E-state index contributed by atoms with van der Waals surface area (Å²) in [5.41, 5.74) is -1.95. The fourth-order valence-corrected chi connectivity index (χ4v) is 2.46. The van der Waals surface area contributed by atoms with E-state index in [1.165, 1.54) is 6.92 Å². The summed E-state index contributed by atoms with van der Waals surface area (Å²) in [7, 11) is -2.84. The molecule has 7 nitrogen and oxygen atoms in total. The molecule has 0 radical (unpaired) electrons. The molecule has 0 bridgehead atoms. The number of aromatic nitrogens is 3. The molecule has 132 valence electrons. The van der Waals surface area contributed by atoms with Gasteiger partial charge in [-0.05, 0) is 25.1 Å². The Hall–Kier alpha value is -2.37. The van der Waals surface area contributed by atoms with Crippen LogP contribution in [0.1, 0.15) is 12.7 Å². The van der Waals surface area contributed by atoms with Gasteiger partial charge >= 0.3 is 11.9 Å². The van der Waals surface area contributed by atoms with Crippen molar-refractivity contribution in [2.24, 2.45) is 7.05 Å². The number of rotatable bonds is 4. The topological polar surface area (TPSA) is 86.0 Å². The quantitative estimate of drug-likeness (QED) is 0.829. The molecule has 0 amide bonds. The second-order valence-electron chi connectivity index (χ2n) is 4.75. The first-order valence-electron chi connectivity index (χ1n) is 6.50. The van der Waals surface area contributed by atoms with Crippen molar-refractivity contribution >= 4 is 15.7 Å². The van der Waals surface area contributed by atoms with Gasteiger partial charge in [0.1, 0.15) is 11.5 Å². The second kappa shape index (κ2) is 5.92. The van der Waals surface area contributed by atoms with Gasteiger partial charge in [0.05, 0.1) is 11.4 Å². The minimum absolute atomic E-state index is 0.112. The predicted octanol–water partition coefficient (Wildman–Crippen LogP) is 1.49. The van der Waals surface area contributed by atoms with E-state index in [-0.39, 0.29) is 20.7 Å². The summed E-state index contributed by atoms with van der Waals surface area (Å²) in [5, 5.41) is 3.09. The van der Waals surface area contributed by atoms with Gasteiger partial charge in [-0.1, -0.05) is 0 Å². The normalized spacial score (nSPS) is 12.4. The van der Waals surface area contributed by atoms with Crippen molar-refractivity contribution in [3.63, 3.8) is 0 Å². The third kappa shape index (κ3) is 3.42. The minimum Gasteiger partial charge on any atom is -0.283 e. The number of alkyl halides is 3. The molecular formula is C12H12F4N4O3S. The number of nitrogens with one attached hydrogen (secondary N) is 1. The molecule has 2 aromatic rings. The first-order valence-corrected chi connectivity index (χ1v) is 8.15. The van der Waals surface area contributed by atoms with Crippen LogP contribution in [-0.2, 0) is 23.2 Å². The molecule has 0 spiro atoms. The zero-order valence-corrected chi connectivity index (χ0v) is 13.2. The molecule has 24 heavy (non-hydrogen) atoms. The third-order valence-corrected chi connectivity index (χ3v) is 4.37. The van der Waals surface area contributed by atoms with E-state index >= 15 is 0 Å². The number of halogens is 4. The number of sulfonamides is 1. The molecule has 0 aliphatic carbocycles. The average molecular weight is 368 g/mol. The van der Waals surface area contributed by atoms with E-state index in [1.54, 1.807) is 0 Å². The van der Waals surface area contributed by atoms with Crippen LogP contribution in [0.2, 0.25) is 0 Å². The van der Waals surface area contributed by atoms with E-state index in [0.717, 1.165) is 25.2 Å². The van der Waals surface area contributed by atoms with Crippen LogP contribution < -0.4 is 10.4 Å². The van der Waals surface area contributed by atoms with Gasteiger partial charge < -0.3 is 0 Å². The van der Waals surface area contributed by atoms with Crippen LogP contribution in [0.4, 0.5) is 23.2 Å². The standard InChI is InChI=1S/C12H12F4N4O3S/c1-3-24(22,23)18-7-4-5-8(13)9(6-7)20-11(21)19(2)10(17-20)12(14,15)16/h4-6,18H,3H2,1-2H3. The molecular weight excluding hydrogens is 356 g/mol. The van der Waals surface area contributed by atoms with E-state index in [1.807, 2.05) is 0 Å². The van der Waals surface area contributed by atoms with Crippen molar-refractivity contribution in [2.45, 2.75) is 13.1 Å². The zero-order chi connectivity index (χ0) is 18.3. The van der Waals surface area contributed by atoms with Gasteiger partial charge in [-0.15, -0.1) is 5.10 Å². The van der Waals surface area contributed by atoms with E-state index in [0.29, 0.717) is 0 Å². The van der Waals surface area contributed by atoms with Crippen LogP contribution in [0.15, 0.2) is 23.0 Å². The molecule has 0 aliphatic rings. The molecule has 0 atom stereocenters. The molecule has 2 rings (SSSR count). The highest BCUT2D eigenvalue weighted by Gasteiger charge is 2.38. The van der Waals surface area contributed by atoms with Crippen LogP contribution in [0, 0.1) is 5.82 Å². The summed E-state index contributed by atoms with van der Waals surface area (Å²) < 4.78 is 77.9. The third-order valence-electron chi connectivity index (χ3n) is 3.06. The van der Waals surface area contributed by atoms with Gasteiger partial charge in [0.2, 0.25) is 15.8 Å². The van der Waals surface area contributed by atoms with Crippen LogP contribution >= 0.6 is 0 Å². The number of hydrogen-bond acceptors (Lipinski definition) is 4. The molecule has 0 unspecified atom stereocenters. The van der Waals surface area contributed by atoms with Gasteiger partial charge in [0.15, 0.2) is 0 Å². The molecule has 0 aliphatic heterocycles. The maximum Gasteiger partial charge on any atom is 0.451 e. The fraction of sp³-hybridized carbons (Fsp3) is 0.333. The number of hydrogen-bond donors (Lipinski definition) is 1. The predicted molar refractivity (Wildman–Crippen MR) is 76.8 cm³/mol. The summed E-state index contributed by atoms with van der Waals surface area (Å²) >= 11 is 0. The summed E-state index contributed by atoms with van der Waals surface area (Å²) in [6.07, 6.45) is -4.91. The first kappa shape index (κ1) is 18.0. The lowest BCUT2D eigenvalue weighted by atomic mass is 10.3. The Morgan fingerprint density at radius 2 is 1.92 bits per heavy atom. The molecule has 0 fully saturated rings. The fourth-order valence-electron chi connectivity index (χ4n) is 1.83. The lowest BCUT2D eigenvalue weighted by molar-refractivity contribution is -0.147. The van der Waals surface area contributed by atoms with E-state index in [4.69, 9.17) is 0 Å². The van der Waals surface area contributed by atoms with Gasteiger partial charge in [-0.25, -0.2) is 17.6 Å². The molecule has 1 aromatic carbocycles. The van der Waals surface area contributed by atoms with Gasteiger partial charge in [0, 0.05) is 7.05 Å². The highest BCUT2D eigenvalue weighted by molar-refractivity contribution is 7.92. The van der Waals surface area contributed by atoms with Gasteiger partial charge in [0.25, 0.3) is 0 Å². The monoisotopic (exact) mass is 368 g/mol. The maximum atomic E-state index is 13.9. The van der Waals surface area contributed by atoms with E-state index in [9.17, 15) is 30.8 Å². The highest BCUT2D eigenvalue weighted by Crippen LogP contribution is 2.27. The zero-order valence-electron chi connectivity index (χ0n) is 12.4. The Labute approximate surface area is 133 Å². The first-order chi connectivity index (χ1) is 11.0. The SMILES string of the molecule is CCS(=O)(=O)Nc1ccc(F)c(-n2nc(C(F)(F)F)n(C)c2=O)c1. The van der Waals surface area contributed by atoms with Crippen molar-refractivity contribution in [1.29, 1.82) is 0 Å². The van der Waals surface area contributed by atoms with Crippen LogP contribution in [0.25, 0.3) is 5.69 Å². The Morgan fingerprint density at radius 3 is 2.42 bits per heavy atom.